The van der Waals surface area contributed by atoms with Crippen LogP contribution in [0.2, 0.25) is 20.1 Å². The van der Waals surface area contributed by atoms with Crippen LogP contribution in [0.3, 0.4) is 0 Å². The zero-order valence-corrected chi connectivity index (χ0v) is 38.3. The van der Waals surface area contributed by atoms with Gasteiger partial charge in [-0.3, -0.25) is 28.8 Å². The molecule has 0 aliphatic rings. The van der Waals surface area contributed by atoms with Crippen LogP contribution < -0.4 is 21.3 Å². The van der Waals surface area contributed by atoms with Crippen molar-refractivity contribution >= 4 is 116 Å². The van der Waals surface area contributed by atoms with Crippen LogP contribution in [0, 0.1) is 13.8 Å². The van der Waals surface area contributed by atoms with Gasteiger partial charge in [-0.25, -0.2) is 0 Å². The molecule has 0 aromatic heterocycles. The van der Waals surface area contributed by atoms with E-state index in [1.54, 1.807) is 13.8 Å². The van der Waals surface area contributed by atoms with Crippen LogP contribution in [0.4, 0.5) is 60.5 Å². The number of hydrogen-bond donors (Lipinski definition) is 4. The van der Waals surface area contributed by atoms with Crippen molar-refractivity contribution < 1.29 is 55.1 Å². The van der Waals surface area contributed by atoms with Crippen molar-refractivity contribution in [2.75, 3.05) is 21.3 Å². The molecule has 68 heavy (non-hydrogen) atoms. The first-order chi connectivity index (χ1) is 31.7. The second-order valence-electron chi connectivity index (χ2n) is 14.5. The Labute approximate surface area is 401 Å². The summed E-state index contributed by atoms with van der Waals surface area (Å²) in [4.78, 5) is 78.0. The molecule has 5 aromatic rings. The second kappa shape index (κ2) is 21.5. The summed E-state index contributed by atoms with van der Waals surface area (Å²) in [6, 6.07) is 11.7. The third-order valence-electron chi connectivity index (χ3n) is 9.39. The summed E-state index contributed by atoms with van der Waals surface area (Å²) in [5.41, 5.74) is -3.40. The maximum absolute atomic E-state index is 13.6. The largest absolute Gasteiger partial charge is 0.418 e. The van der Waals surface area contributed by atoms with E-state index in [-0.39, 0.29) is 54.0 Å². The predicted octanol–water partition coefficient (Wildman–Crippen LogP) is 12.8. The van der Waals surface area contributed by atoms with Gasteiger partial charge in [-0.2, -0.15) is 46.8 Å². The molecule has 4 amide bonds. The molecule has 14 nitrogen and oxygen atoms in total. The van der Waals surface area contributed by atoms with Crippen LogP contribution >= 0.6 is 46.4 Å². The molecule has 5 aromatic carbocycles. The van der Waals surface area contributed by atoms with Gasteiger partial charge in [0.1, 0.15) is 0 Å². The van der Waals surface area contributed by atoms with E-state index in [0.717, 1.165) is 50.2 Å². The number of nitrogens with one attached hydrogen (secondary N) is 4. The number of amides is 4. The number of ketones is 2. The van der Waals surface area contributed by atoms with Gasteiger partial charge in [-0.1, -0.05) is 46.4 Å². The van der Waals surface area contributed by atoms with Crippen LogP contribution in [0.15, 0.2) is 105 Å². The minimum atomic E-state index is -4.83. The molecule has 0 bridgehead atoms. The fourth-order valence-corrected chi connectivity index (χ4v) is 6.74. The monoisotopic (exact) mass is 1020 g/mol. The Kier molecular flexibility index (Phi) is 16.5. The van der Waals surface area contributed by atoms with E-state index < -0.39 is 82.1 Å². The molecule has 0 heterocycles. The normalized spacial score (nSPS) is 12.7. The first kappa shape index (κ1) is 52.2. The smallest absolute Gasteiger partial charge is 0.324 e. The van der Waals surface area contributed by atoms with E-state index in [4.69, 9.17) is 46.4 Å². The van der Waals surface area contributed by atoms with E-state index in [2.05, 4.69) is 41.7 Å². The van der Waals surface area contributed by atoms with Gasteiger partial charge in [0.15, 0.2) is 11.6 Å². The molecule has 24 heteroatoms. The van der Waals surface area contributed by atoms with Crippen molar-refractivity contribution in [3.63, 3.8) is 0 Å². The number of hydrogen-bond acceptors (Lipinski definition) is 10. The Morgan fingerprint density at radius 2 is 0.838 bits per heavy atom. The number of halogens is 10. The molecule has 354 valence electrons. The fraction of sp³-hybridized carbons (Fsp3) is 0.182. The number of carbonyl (C=O) groups is 6. The Balaban J connectivity index is 1.28. The van der Waals surface area contributed by atoms with Gasteiger partial charge < -0.3 is 21.3 Å². The third-order valence-corrected chi connectivity index (χ3v) is 10.5. The topological polar surface area (TPSA) is 200 Å². The molecule has 4 N–H and O–H groups in total. The highest BCUT2D eigenvalue weighted by molar-refractivity contribution is 6.35. The third kappa shape index (κ3) is 13.2. The number of Topliss-reactive ketones (excluding diaryl/α,β-unsaturated/α-hetero) is 2. The van der Waals surface area contributed by atoms with E-state index in [9.17, 15) is 55.1 Å². The second-order valence-corrected chi connectivity index (χ2v) is 16.2. The van der Waals surface area contributed by atoms with Crippen molar-refractivity contribution in [1.82, 2.24) is 0 Å². The molecule has 0 aliphatic carbocycles. The highest BCUT2D eigenvalue weighted by atomic mass is 35.5. The van der Waals surface area contributed by atoms with Crippen LogP contribution in [0.1, 0.15) is 56.8 Å². The summed E-state index contributed by atoms with van der Waals surface area (Å²) in [7, 11) is 0. The summed E-state index contributed by atoms with van der Waals surface area (Å²) in [6.45, 7) is 5.22. The van der Waals surface area contributed by atoms with Gasteiger partial charge in [-0.05, 0) is 124 Å². The SMILES string of the molecule is CC(=O)C(N=Nc1ccc(Cl)c(C(=O)Nc2cc(Cl)ccc2C(F)(F)F)c1)C(=O)Nc1cc(C)c(NC(=O)C(N=Nc2ccc(Cl)c(C(=O)Nc3cc(Cl)ccc3C(F)(F)F)c2)C(C)=O)cc1C. The minimum absolute atomic E-state index is 0.0851. The molecule has 0 radical (unpaired) electrons. The molecule has 0 spiro atoms. The molecular weight excluding hydrogens is 992 g/mol. The minimum Gasteiger partial charge on any atom is -0.324 e. The van der Waals surface area contributed by atoms with Crippen molar-refractivity contribution in [2.45, 2.75) is 52.1 Å². The molecule has 5 rings (SSSR count). The number of nitrogens with zero attached hydrogens (tertiary/aromatic N) is 4. The predicted molar refractivity (Wildman–Crippen MR) is 243 cm³/mol. The number of azo groups is 2. The first-order valence-electron chi connectivity index (χ1n) is 19.2. The number of aryl methyl sites for hydroxylation is 2. The molecule has 0 saturated heterocycles. The van der Waals surface area contributed by atoms with Gasteiger partial charge in [0.05, 0.1) is 55.0 Å². The highest BCUT2D eigenvalue weighted by Crippen LogP contribution is 2.38. The number of alkyl halides is 6. The fourth-order valence-electron chi connectivity index (χ4n) is 5.99. The van der Waals surface area contributed by atoms with Crippen LogP contribution in [-0.2, 0) is 31.5 Å². The van der Waals surface area contributed by atoms with Crippen molar-refractivity contribution in [3.05, 3.63) is 138 Å². The Morgan fingerprint density at radius 3 is 1.16 bits per heavy atom. The lowest BCUT2D eigenvalue weighted by Crippen LogP contribution is -2.32. The zero-order chi connectivity index (χ0) is 50.4. The van der Waals surface area contributed by atoms with Gasteiger partial charge >= 0.3 is 12.4 Å². The van der Waals surface area contributed by atoms with Crippen molar-refractivity contribution in [1.29, 1.82) is 0 Å². The van der Waals surface area contributed by atoms with Gasteiger partial charge in [0, 0.05) is 21.4 Å². The molecule has 0 saturated carbocycles. The van der Waals surface area contributed by atoms with Crippen LogP contribution in [0.25, 0.3) is 0 Å². The summed E-state index contributed by atoms with van der Waals surface area (Å²) in [5.74, 6) is -5.51. The summed E-state index contributed by atoms with van der Waals surface area (Å²) >= 11 is 24.1. The van der Waals surface area contributed by atoms with E-state index in [0.29, 0.717) is 23.3 Å². The summed E-state index contributed by atoms with van der Waals surface area (Å²) < 4.78 is 81.5. The van der Waals surface area contributed by atoms with E-state index in [1.165, 1.54) is 36.4 Å². The van der Waals surface area contributed by atoms with Gasteiger partial charge in [0.25, 0.3) is 23.6 Å². The lowest BCUT2D eigenvalue weighted by Gasteiger charge is -2.16. The number of rotatable bonds is 14. The standard InChI is InChI=1S/C44H32Cl4F6N8O6/c1-19-13-34(56-42(68)38(22(4)64)62-60-26-8-12-32(48)28(18-26)40(66)58-36-16-24(46)6-10-30(36)44(52,53)54)20(2)14-33(19)55-41(67)37(21(3)63)61-59-25-7-11-31(47)27(17-25)39(65)57-35-15-23(45)5-9-29(35)43(49,50)51/h5-18,37-38H,1-4H3,(H,55,67)(H,56,68)(H,57,65)(H,58,66). The lowest BCUT2D eigenvalue weighted by atomic mass is 10.1. The molecular formula is C44H32Cl4F6N8O6. The number of benzene rings is 5. The quantitative estimate of drug-likeness (QED) is 0.0484. The molecule has 0 fully saturated rings. The van der Waals surface area contributed by atoms with E-state index >= 15 is 0 Å². The Bertz CT molecular complexity index is 2740. The zero-order valence-electron chi connectivity index (χ0n) is 35.3. The van der Waals surface area contributed by atoms with Crippen molar-refractivity contribution in [2.24, 2.45) is 20.5 Å². The first-order valence-corrected chi connectivity index (χ1v) is 20.8. The number of carbonyl (C=O) groups excluding carboxylic acids is 6. The maximum atomic E-state index is 13.6. The summed E-state index contributed by atoms with van der Waals surface area (Å²) in [6.07, 6.45) is -9.66. The van der Waals surface area contributed by atoms with Gasteiger partial charge in [-0.15, -0.1) is 0 Å². The average Bonchev–Trinajstić information content (AvgIpc) is 3.22. The molecule has 2 unspecified atom stereocenters. The highest BCUT2D eigenvalue weighted by Gasteiger charge is 2.36. The number of anilines is 4. The Morgan fingerprint density at radius 1 is 0.485 bits per heavy atom. The lowest BCUT2D eigenvalue weighted by molar-refractivity contribution is -0.137. The molecule has 0 aliphatic heterocycles. The summed E-state index contributed by atoms with van der Waals surface area (Å²) in [5, 5.41) is 24.3. The Hall–Kier alpha value is -6.74. The van der Waals surface area contributed by atoms with Crippen molar-refractivity contribution in [3.8, 4) is 0 Å². The van der Waals surface area contributed by atoms with Gasteiger partial charge in [0.2, 0.25) is 12.1 Å². The van der Waals surface area contributed by atoms with Crippen LogP contribution in [0.5, 0.6) is 0 Å². The van der Waals surface area contributed by atoms with E-state index in [1.807, 2.05) is 0 Å². The maximum Gasteiger partial charge on any atom is 0.418 e. The van der Waals surface area contributed by atoms with Crippen LogP contribution in [-0.4, -0.2) is 47.3 Å². The average molecular weight is 1020 g/mol. The molecule has 2 atom stereocenters.